The van der Waals surface area contributed by atoms with E-state index in [2.05, 4.69) is 31.4 Å². The minimum atomic E-state index is -0.888. The van der Waals surface area contributed by atoms with Gasteiger partial charge in [0.15, 0.2) is 6.10 Å². The maximum Gasteiger partial charge on any atom is 0.319 e. The number of para-hydroxylation sites is 1. The fraction of sp³-hybridized carbons (Fsp3) is 0.348. The van der Waals surface area contributed by atoms with E-state index >= 15 is 0 Å². The summed E-state index contributed by atoms with van der Waals surface area (Å²) in [6.45, 7) is 7.96. The van der Waals surface area contributed by atoms with Crippen LogP contribution in [-0.2, 0) is 14.9 Å². The summed E-state index contributed by atoms with van der Waals surface area (Å²) in [5.74, 6) is -0.800. The highest BCUT2D eigenvalue weighted by Gasteiger charge is 2.20. The number of amides is 2. The number of Topliss-reactive ketones (excluding diaryl/α,β-unsaturated/α-hetero) is 1. The minimum absolute atomic E-state index is 0.000534. The lowest BCUT2D eigenvalue weighted by Gasteiger charge is -2.19. The summed E-state index contributed by atoms with van der Waals surface area (Å²) < 4.78 is 5.20. The number of anilines is 1. The van der Waals surface area contributed by atoms with Crippen LogP contribution in [0.25, 0.3) is 0 Å². The number of ether oxygens (including phenoxy) is 1. The Hall–Kier alpha value is -3.15. The highest BCUT2D eigenvalue weighted by Crippen LogP contribution is 2.22. The number of nitrogens with one attached hydrogen (secondary N) is 2. The maximum atomic E-state index is 12.5. The van der Waals surface area contributed by atoms with Crippen molar-refractivity contribution in [2.24, 2.45) is 0 Å². The Bertz CT molecular complexity index is 839. The highest BCUT2D eigenvalue weighted by atomic mass is 16.5. The predicted octanol–water partition coefficient (Wildman–Crippen LogP) is 4.31. The van der Waals surface area contributed by atoms with Crippen LogP contribution in [0.4, 0.5) is 10.5 Å². The molecule has 6 nitrogen and oxygen atoms in total. The van der Waals surface area contributed by atoms with E-state index in [0.717, 1.165) is 5.56 Å². The third-order valence-electron chi connectivity index (χ3n) is 4.36. The first-order valence-corrected chi connectivity index (χ1v) is 9.61. The van der Waals surface area contributed by atoms with Gasteiger partial charge in [-0.1, -0.05) is 63.2 Å². The molecule has 0 spiro atoms. The molecule has 2 N–H and O–H groups in total. The van der Waals surface area contributed by atoms with Crippen molar-refractivity contribution in [3.05, 3.63) is 65.7 Å². The minimum Gasteiger partial charge on any atom is -0.454 e. The van der Waals surface area contributed by atoms with E-state index in [1.165, 1.54) is 0 Å². The molecule has 0 unspecified atom stereocenters. The maximum absolute atomic E-state index is 12.5. The number of hydrogen-bond donors (Lipinski definition) is 2. The van der Waals surface area contributed by atoms with Crippen LogP contribution in [0, 0.1) is 0 Å². The first-order chi connectivity index (χ1) is 13.7. The molecule has 29 heavy (non-hydrogen) atoms. The van der Waals surface area contributed by atoms with Gasteiger partial charge in [0, 0.05) is 17.8 Å². The smallest absolute Gasteiger partial charge is 0.319 e. The molecule has 0 aliphatic heterocycles. The molecule has 2 aromatic carbocycles. The van der Waals surface area contributed by atoms with Crippen LogP contribution >= 0.6 is 0 Å². The largest absolute Gasteiger partial charge is 0.454 e. The Morgan fingerprint density at radius 2 is 1.59 bits per heavy atom. The molecule has 0 bridgehead atoms. The van der Waals surface area contributed by atoms with Crippen LogP contribution < -0.4 is 10.6 Å². The fourth-order valence-corrected chi connectivity index (χ4v) is 2.65. The Kier molecular flexibility index (Phi) is 7.53. The fourth-order valence-electron chi connectivity index (χ4n) is 2.65. The van der Waals surface area contributed by atoms with Gasteiger partial charge in [0.2, 0.25) is 5.78 Å². The van der Waals surface area contributed by atoms with E-state index in [0.29, 0.717) is 11.3 Å². The molecule has 1 atom stereocenters. The van der Waals surface area contributed by atoms with Crippen LogP contribution in [0.1, 0.15) is 50.0 Å². The zero-order chi connectivity index (χ0) is 21.4. The topological polar surface area (TPSA) is 84.5 Å². The molecule has 0 saturated carbocycles. The quantitative estimate of drug-likeness (QED) is 0.539. The van der Waals surface area contributed by atoms with E-state index in [1.807, 2.05) is 30.3 Å². The standard InChI is InChI=1S/C23H28N2O4/c1-16(21(27)17-10-12-18(13-11-17)23(2,3)4)29-20(26)14-15-24-22(28)25-19-8-6-5-7-9-19/h5-13,16H,14-15H2,1-4H3,(H2,24,25,28)/t16-/m0/s1. The Morgan fingerprint density at radius 3 is 2.17 bits per heavy atom. The predicted molar refractivity (Wildman–Crippen MR) is 113 cm³/mol. The van der Waals surface area contributed by atoms with Gasteiger partial charge in [-0.25, -0.2) is 4.79 Å². The van der Waals surface area contributed by atoms with Gasteiger partial charge in [-0.15, -0.1) is 0 Å². The van der Waals surface area contributed by atoms with Crippen LogP contribution in [0.15, 0.2) is 54.6 Å². The van der Waals surface area contributed by atoms with Crippen molar-refractivity contribution in [3.63, 3.8) is 0 Å². The molecule has 0 aromatic heterocycles. The van der Waals surface area contributed by atoms with E-state index in [9.17, 15) is 14.4 Å². The van der Waals surface area contributed by atoms with Crippen LogP contribution in [0.5, 0.6) is 0 Å². The van der Waals surface area contributed by atoms with E-state index in [4.69, 9.17) is 4.74 Å². The second kappa shape index (κ2) is 9.87. The van der Waals surface area contributed by atoms with Gasteiger partial charge in [0.05, 0.1) is 6.42 Å². The van der Waals surface area contributed by atoms with Gasteiger partial charge in [0.25, 0.3) is 0 Å². The first kappa shape index (κ1) is 22.1. The van der Waals surface area contributed by atoms with Gasteiger partial charge in [-0.05, 0) is 30.0 Å². The Morgan fingerprint density at radius 1 is 0.966 bits per heavy atom. The zero-order valence-electron chi connectivity index (χ0n) is 17.3. The van der Waals surface area contributed by atoms with Gasteiger partial charge >= 0.3 is 12.0 Å². The summed E-state index contributed by atoms with van der Waals surface area (Å²) in [6, 6.07) is 15.9. The molecular weight excluding hydrogens is 368 g/mol. The number of esters is 1. The first-order valence-electron chi connectivity index (χ1n) is 9.61. The van der Waals surface area contributed by atoms with Crippen molar-refractivity contribution in [1.82, 2.24) is 5.32 Å². The lowest BCUT2D eigenvalue weighted by molar-refractivity contribution is -0.146. The van der Waals surface area contributed by atoms with Gasteiger partial charge in [-0.3, -0.25) is 9.59 Å². The second-order valence-electron chi connectivity index (χ2n) is 7.82. The van der Waals surface area contributed by atoms with Crippen molar-refractivity contribution >= 4 is 23.5 Å². The highest BCUT2D eigenvalue weighted by molar-refractivity contribution is 6.00. The summed E-state index contributed by atoms with van der Waals surface area (Å²) in [7, 11) is 0. The summed E-state index contributed by atoms with van der Waals surface area (Å²) >= 11 is 0. The monoisotopic (exact) mass is 396 g/mol. The van der Waals surface area contributed by atoms with Crippen molar-refractivity contribution in [1.29, 1.82) is 0 Å². The molecule has 2 amide bonds. The van der Waals surface area contributed by atoms with Crippen molar-refractivity contribution in [2.45, 2.75) is 45.6 Å². The van der Waals surface area contributed by atoms with Gasteiger partial charge in [0.1, 0.15) is 0 Å². The molecule has 0 saturated heterocycles. The molecule has 0 fully saturated rings. The van der Waals surface area contributed by atoms with Gasteiger partial charge < -0.3 is 15.4 Å². The van der Waals surface area contributed by atoms with Gasteiger partial charge in [-0.2, -0.15) is 0 Å². The molecule has 0 aliphatic rings. The molecule has 6 heteroatoms. The molecule has 2 aromatic rings. The second-order valence-corrected chi connectivity index (χ2v) is 7.82. The third-order valence-corrected chi connectivity index (χ3v) is 4.36. The SMILES string of the molecule is C[C@H](OC(=O)CCNC(=O)Nc1ccccc1)C(=O)c1ccc(C(C)(C)C)cc1. The zero-order valence-corrected chi connectivity index (χ0v) is 17.3. The lowest BCUT2D eigenvalue weighted by Crippen LogP contribution is -2.32. The average molecular weight is 396 g/mol. The van der Waals surface area contributed by atoms with Crippen molar-refractivity contribution in [3.8, 4) is 0 Å². The number of hydrogen-bond acceptors (Lipinski definition) is 4. The molecule has 0 aliphatic carbocycles. The third kappa shape index (κ3) is 7.07. The molecular formula is C23H28N2O4. The number of ketones is 1. The average Bonchev–Trinajstić information content (AvgIpc) is 2.67. The summed E-state index contributed by atoms with van der Waals surface area (Å²) in [5.41, 5.74) is 2.28. The Balaban J connectivity index is 1.76. The van der Waals surface area contributed by atoms with Crippen molar-refractivity contribution in [2.75, 3.05) is 11.9 Å². The normalized spacial score (nSPS) is 12.0. The summed E-state index contributed by atoms with van der Waals surface area (Å²) in [5, 5.41) is 5.24. The van der Waals surface area contributed by atoms with Crippen LogP contribution in [0.3, 0.4) is 0 Å². The molecule has 0 heterocycles. The molecule has 0 radical (unpaired) electrons. The van der Waals surface area contributed by atoms with Crippen LogP contribution in [-0.4, -0.2) is 30.4 Å². The lowest BCUT2D eigenvalue weighted by atomic mass is 9.86. The molecule has 154 valence electrons. The Labute approximate surface area is 171 Å². The molecule has 2 rings (SSSR count). The van der Waals surface area contributed by atoms with Crippen molar-refractivity contribution < 1.29 is 19.1 Å². The van der Waals surface area contributed by atoms with E-state index < -0.39 is 18.1 Å². The number of benzene rings is 2. The summed E-state index contributed by atoms with van der Waals surface area (Å²) in [6.07, 6.45) is -0.913. The van der Waals surface area contributed by atoms with E-state index in [-0.39, 0.29) is 24.2 Å². The number of carbonyl (C=O) groups is 3. The van der Waals surface area contributed by atoms with E-state index in [1.54, 1.807) is 31.2 Å². The summed E-state index contributed by atoms with van der Waals surface area (Å²) in [4.78, 5) is 36.2. The number of rotatable bonds is 7. The number of carbonyl (C=O) groups excluding carboxylic acids is 3. The van der Waals surface area contributed by atoms with Crippen LogP contribution in [0.2, 0.25) is 0 Å². The number of urea groups is 1.